The quantitative estimate of drug-likeness (QED) is 0.271. The van der Waals surface area contributed by atoms with E-state index in [-0.39, 0.29) is 0 Å². The van der Waals surface area contributed by atoms with Gasteiger partial charge in [-0.05, 0) is 61.4 Å². The summed E-state index contributed by atoms with van der Waals surface area (Å²) in [6.07, 6.45) is 18.4. The maximum Gasteiger partial charge on any atom is 0.119 e. The van der Waals surface area contributed by atoms with Crippen molar-refractivity contribution in [1.82, 2.24) is 4.98 Å². The van der Waals surface area contributed by atoms with E-state index in [4.69, 9.17) is 4.74 Å². The Balaban J connectivity index is 1.62. The van der Waals surface area contributed by atoms with Crippen LogP contribution in [-0.4, -0.2) is 11.6 Å². The largest absolute Gasteiger partial charge is 0.494 e. The highest BCUT2D eigenvalue weighted by Gasteiger charge is 2.01. The van der Waals surface area contributed by atoms with Gasteiger partial charge in [0, 0.05) is 11.9 Å². The zero-order valence-electron chi connectivity index (χ0n) is 18.8. The van der Waals surface area contributed by atoms with E-state index in [0.29, 0.717) is 0 Å². The summed E-state index contributed by atoms with van der Waals surface area (Å²) in [5, 5.41) is 0. The predicted molar refractivity (Wildman–Crippen MR) is 125 cm³/mol. The van der Waals surface area contributed by atoms with Gasteiger partial charge in [-0.15, -0.1) is 0 Å². The molecule has 0 saturated carbocycles. The summed E-state index contributed by atoms with van der Waals surface area (Å²) in [6, 6.07) is 13.0. The lowest BCUT2D eigenvalue weighted by molar-refractivity contribution is 0.306. The van der Waals surface area contributed by atoms with Crippen molar-refractivity contribution < 1.29 is 4.74 Å². The molecule has 2 heteroatoms. The lowest BCUT2D eigenvalue weighted by Crippen LogP contribution is -1.98. The number of benzene rings is 1. The maximum atomic E-state index is 5.79. The van der Waals surface area contributed by atoms with Crippen LogP contribution < -0.4 is 4.74 Å². The average molecular weight is 396 g/mol. The molecule has 0 aliphatic rings. The molecule has 1 heterocycles. The van der Waals surface area contributed by atoms with Gasteiger partial charge in [0.05, 0.1) is 6.61 Å². The van der Waals surface area contributed by atoms with Crippen molar-refractivity contribution in [2.24, 2.45) is 0 Å². The molecule has 0 saturated heterocycles. The van der Waals surface area contributed by atoms with Gasteiger partial charge in [0.15, 0.2) is 0 Å². The van der Waals surface area contributed by atoms with Crippen LogP contribution in [0.2, 0.25) is 0 Å². The fraction of sp³-hybridized carbons (Fsp3) is 0.593. The number of aromatic nitrogens is 1. The number of rotatable bonds is 16. The highest BCUT2D eigenvalue weighted by molar-refractivity contribution is 5.28. The van der Waals surface area contributed by atoms with E-state index in [9.17, 15) is 0 Å². The first-order valence-electron chi connectivity index (χ1n) is 12.0. The van der Waals surface area contributed by atoms with Crippen molar-refractivity contribution in [2.75, 3.05) is 6.61 Å². The monoisotopic (exact) mass is 395 g/mol. The molecule has 1 aromatic carbocycles. The molecule has 0 atom stereocenters. The Morgan fingerprint density at radius 1 is 0.621 bits per heavy atom. The number of aryl methyl sites for hydroxylation is 3. The Labute approximate surface area is 179 Å². The molecule has 2 rings (SSSR count). The molecule has 2 nitrogen and oxygen atoms in total. The number of hydrogen-bond acceptors (Lipinski definition) is 2. The molecule has 160 valence electrons. The molecule has 0 N–H and O–H groups in total. The molecular weight excluding hydrogens is 354 g/mol. The number of pyridine rings is 1. The fourth-order valence-corrected chi connectivity index (χ4v) is 3.60. The molecule has 0 amide bonds. The summed E-state index contributed by atoms with van der Waals surface area (Å²) in [4.78, 5) is 4.68. The van der Waals surface area contributed by atoms with Crippen LogP contribution in [-0.2, 0) is 19.3 Å². The molecule has 0 fully saturated rings. The lowest BCUT2D eigenvalue weighted by Gasteiger charge is -2.07. The minimum absolute atomic E-state index is 0.822. The number of unbranched alkanes of at least 4 members (excludes halogenated alkanes) is 8. The Morgan fingerprint density at radius 3 is 1.97 bits per heavy atom. The van der Waals surface area contributed by atoms with Crippen LogP contribution in [0.25, 0.3) is 0 Å². The Hall–Kier alpha value is -1.83. The highest BCUT2D eigenvalue weighted by Crippen LogP contribution is 2.15. The second-order valence-corrected chi connectivity index (χ2v) is 8.23. The van der Waals surface area contributed by atoms with Gasteiger partial charge in [-0.2, -0.15) is 0 Å². The minimum Gasteiger partial charge on any atom is -0.494 e. The third-order valence-electron chi connectivity index (χ3n) is 5.56. The Bertz CT molecular complexity index is 633. The predicted octanol–water partition coefficient (Wildman–Crippen LogP) is 7.73. The molecule has 2 aromatic rings. The standard InChI is InChI=1S/C27H41NO/c1-3-5-7-8-9-10-11-13-25-15-19-26(28-23-25)18-14-24-16-20-27(21-17-24)29-22-12-6-4-2/h15-17,19-21,23H,3-14,18,22H2,1-2H3. The van der Waals surface area contributed by atoms with Gasteiger partial charge in [0.2, 0.25) is 0 Å². The van der Waals surface area contributed by atoms with Gasteiger partial charge in [0.1, 0.15) is 5.75 Å². The third-order valence-corrected chi connectivity index (χ3v) is 5.56. The minimum atomic E-state index is 0.822. The molecule has 1 aromatic heterocycles. The van der Waals surface area contributed by atoms with E-state index < -0.39 is 0 Å². The van der Waals surface area contributed by atoms with Gasteiger partial charge in [-0.3, -0.25) is 4.98 Å². The van der Waals surface area contributed by atoms with Crippen molar-refractivity contribution in [2.45, 2.75) is 97.3 Å². The van der Waals surface area contributed by atoms with Crippen molar-refractivity contribution >= 4 is 0 Å². The summed E-state index contributed by atoms with van der Waals surface area (Å²) in [5.41, 5.74) is 3.92. The highest BCUT2D eigenvalue weighted by atomic mass is 16.5. The molecule has 0 radical (unpaired) electrons. The van der Waals surface area contributed by atoms with Crippen LogP contribution in [0.5, 0.6) is 5.75 Å². The fourth-order valence-electron chi connectivity index (χ4n) is 3.60. The molecule has 0 spiro atoms. The first-order chi connectivity index (χ1) is 14.3. The van der Waals surface area contributed by atoms with Crippen LogP contribution in [0, 0.1) is 0 Å². The molecule has 0 bridgehead atoms. The van der Waals surface area contributed by atoms with Gasteiger partial charge >= 0.3 is 0 Å². The number of hydrogen-bond donors (Lipinski definition) is 0. The second-order valence-electron chi connectivity index (χ2n) is 8.23. The van der Waals surface area contributed by atoms with E-state index in [1.807, 2.05) is 0 Å². The van der Waals surface area contributed by atoms with Crippen LogP contribution in [0.4, 0.5) is 0 Å². The maximum absolute atomic E-state index is 5.79. The van der Waals surface area contributed by atoms with E-state index in [1.165, 1.54) is 81.0 Å². The summed E-state index contributed by atoms with van der Waals surface area (Å²) < 4.78 is 5.79. The van der Waals surface area contributed by atoms with Crippen molar-refractivity contribution in [3.63, 3.8) is 0 Å². The van der Waals surface area contributed by atoms with E-state index in [0.717, 1.165) is 31.6 Å². The van der Waals surface area contributed by atoms with Crippen molar-refractivity contribution in [3.05, 3.63) is 59.4 Å². The SMILES string of the molecule is CCCCCCCCCc1ccc(CCc2ccc(OCCCCC)cc2)nc1. The Kier molecular flexibility index (Phi) is 12.2. The average Bonchev–Trinajstić information content (AvgIpc) is 2.76. The van der Waals surface area contributed by atoms with E-state index >= 15 is 0 Å². The van der Waals surface area contributed by atoms with Crippen LogP contribution in [0.3, 0.4) is 0 Å². The van der Waals surface area contributed by atoms with E-state index in [1.54, 1.807) is 0 Å². The van der Waals surface area contributed by atoms with Crippen LogP contribution in [0.15, 0.2) is 42.6 Å². The van der Waals surface area contributed by atoms with Gasteiger partial charge in [-0.25, -0.2) is 0 Å². The summed E-state index contributed by atoms with van der Waals surface area (Å²) >= 11 is 0. The van der Waals surface area contributed by atoms with Gasteiger partial charge < -0.3 is 4.74 Å². The molecular formula is C27H41NO. The first kappa shape index (κ1) is 23.4. The van der Waals surface area contributed by atoms with Crippen molar-refractivity contribution in [3.8, 4) is 5.75 Å². The number of ether oxygens (including phenoxy) is 1. The lowest BCUT2D eigenvalue weighted by atomic mass is 10.0. The smallest absolute Gasteiger partial charge is 0.119 e. The van der Waals surface area contributed by atoms with Gasteiger partial charge in [0.25, 0.3) is 0 Å². The van der Waals surface area contributed by atoms with Crippen molar-refractivity contribution in [1.29, 1.82) is 0 Å². The Morgan fingerprint density at radius 2 is 1.28 bits per heavy atom. The molecule has 0 aliphatic carbocycles. The van der Waals surface area contributed by atoms with E-state index in [2.05, 4.69) is 61.4 Å². The molecule has 29 heavy (non-hydrogen) atoms. The zero-order chi connectivity index (χ0) is 20.6. The summed E-state index contributed by atoms with van der Waals surface area (Å²) in [6.45, 7) is 5.31. The second kappa shape index (κ2) is 15.1. The van der Waals surface area contributed by atoms with Crippen LogP contribution >= 0.6 is 0 Å². The topological polar surface area (TPSA) is 22.1 Å². The summed E-state index contributed by atoms with van der Waals surface area (Å²) in [5.74, 6) is 0.984. The number of nitrogens with zero attached hydrogens (tertiary/aromatic N) is 1. The normalized spacial score (nSPS) is 11.0. The zero-order valence-corrected chi connectivity index (χ0v) is 18.8. The van der Waals surface area contributed by atoms with Gasteiger partial charge in [-0.1, -0.05) is 83.4 Å². The summed E-state index contributed by atoms with van der Waals surface area (Å²) in [7, 11) is 0. The van der Waals surface area contributed by atoms with Crippen LogP contribution in [0.1, 0.15) is 94.9 Å². The third kappa shape index (κ3) is 10.5. The molecule has 0 aliphatic heterocycles. The first-order valence-corrected chi connectivity index (χ1v) is 12.0. The molecule has 0 unspecified atom stereocenters.